The van der Waals surface area contributed by atoms with Gasteiger partial charge in [-0.1, -0.05) is 30.3 Å². The molecule has 1 aromatic carbocycles. The van der Waals surface area contributed by atoms with E-state index in [4.69, 9.17) is 0 Å². The van der Waals surface area contributed by atoms with Crippen molar-refractivity contribution in [2.75, 3.05) is 6.61 Å². The second kappa shape index (κ2) is 5.94. The Balaban J connectivity index is 1.56. The number of hydrogen-bond donors (Lipinski definition) is 3. The molecule has 3 N–H and O–H groups in total. The highest BCUT2D eigenvalue weighted by Gasteiger charge is 2.42. The van der Waals surface area contributed by atoms with Crippen molar-refractivity contribution in [1.29, 1.82) is 0 Å². The van der Waals surface area contributed by atoms with Crippen LogP contribution >= 0.6 is 0 Å². The summed E-state index contributed by atoms with van der Waals surface area (Å²) in [6.45, 7) is -0.0190. The minimum absolute atomic E-state index is 0.0190. The van der Waals surface area contributed by atoms with E-state index in [9.17, 15) is 9.90 Å². The lowest BCUT2D eigenvalue weighted by molar-refractivity contribution is -0.126. The molecule has 2 aliphatic rings. The van der Waals surface area contributed by atoms with Crippen molar-refractivity contribution in [3.8, 4) is 0 Å². The van der Waals surface area contributed by atoms with E-state index < -0.39 is 0 Å². The molecule has 0 aromatic heterocycles. The van der Waals surface area contributed by atoms with Crippen molar-refractivity contribution in [2.45, 2.75) is 43.8 Å². The summed E-state index contributed by atoms with van der Waals surface area (Å²) in [5.41, 5.74) is 1.14. The number of benzene rings is 1. The Labute approximate surface area is 119 Å². The Kier molecular flexibility index (Phi) is 4.03. The molecule has 1 aromatic rings. The predicted molar refractivity (Wildman–Crippen MR) is 77.2 cm³/mol. The van der Waals surface area contributed by atoms with Gasteiger partial charge in [0, 0.05) is 12.1 Å². The first-order valence-electron chi connectivity index (χ1n) is 7.47. The van der Waals surface area contributed by atoms with Gasteiger partial charge in [0.25, 0.3) is 0 Å². The van der Waals surface area contributed by atoms with E-state index in [-0.39, 0.29) is 24.5 Å². The molecule has 2 fully saturated rings. The number of carbonyl (C=O) groups excluding carboxylic acids is 1. The molecule has 2 heterocycles. The fourth-order valence-corrected chi connectivity index (χ4v) is 3.48. The monoisotopic (exact) mass is 274 g/mol. The Morgan fingerprint density at radius 3 is 2.75 bits per heavy atom. The third kappa shape index (κ3) is 2.86. The molecule has 0 spiro atoms. The number of carbonyl (C=O) groups is 1. The second-order valence-corrected chi connectivity index (χ2v) is 5.97. The van der Waals surface area contributed by atoms with Crippen molar-refractivity contribution in [3.63, 3.8) is 0 Å². The number of aliphatic hydroxyl groups is 1. The fourth-order valence-electron chi connectivity index (χ4n) is 3.48. The van der Waals surface area contributed by atoms with E-state index in [0.717, 1.165) is 18.4 Å². The molecule has 0 saturated carbocycles. The first kappa shape index (κ1) is 13.6. The van der Waals surface area contributed by atoms with E-state index in [1.165, 1.54) is 6.42 Å². The van der Waals surface area contributed by atoms with E-state index >= 15 is 0 Å². The first-order chi connectivity index (χ1) is 9.76. The quantitative estimate of drug-likeness (QED) is 0.746. The lowest BCUT2D eigenvalue weighted by Crippen LogP contribution is -2.45. The molecular weight excluding hydrogens is 252 g/mol. The first-order valence-corrected chi connectivity index (χ1v) is 7.47. The largest absolute Gasteiger partial charge is 0.394 e. The van der Waals surface area contributed by atoms with Crippen LogP contribution in [0.5, 0.6) is 0 Å². The molecule has 2 bridgehead atoms. The average Bonchev–Trinajstić information content (AvgIpc) is 3.10. The zero-order valence-electron chi connectivity index (χ0n) is 11.6. The van der Waals surface area contributed by atoms with Crippen LogP contribution in [0.1, 0.15) is 24.8 Å². The summed E-state index contributed by atoms with van der Waals surface area (Å²) in [6, 6.07) is 10.6. The standard InChI is InChI=1S/C16H22N2O2/c19-10-13(8-11-4-2-1-3-5-11)18-16(20)14-9-12-6-7-15(14)17-12/h1-5,12-15,17,19H,6-10H2,(H,18,20). The van der Waals surface area contributed by atoms with E-state index in [2.05, 4.69) is 10.6 Å². The van der Waals surface area contributed by atoms with Gasteiger partial charge < -0.3 is 15.7 Å². The molecular formula is C16H22N2O2. The molecule has 4 unspecified atom stereocenters. The van der Waals surface area contributed by atoms with Gasteiger partial charge in [-0.3, -0.25) is 4.79 Å². The second-order valence-electron chi connectivity index (χ2n) is 5.97. The minimum Gasteiger partial charge on any atom is -0.394 e. The Bertz CT molecular complexity index is 463. The Morgan fingerprint density at radius 2 is 2.15 bits per heavy atom. The number of rotatable bonds is 5. The van der Waals surface area contributed by atoms with Crippen molar-refractivity contribution >= 4 is 5.91 Å². The number of amides is 1. The van der Waals surface area contributed by atoms with Crippen molar-refractivity contribution in [1.82, 2.24) is 10.6 Å². The minimum atomic E-state index is -0.191. The van der Waals surface area contributed by atoms with Crippen LogP contribution in [0, 0.1) is 5.92 Å². The zero-order valence-corrected chi connectivity index (χ0v) is 11.6. The van der Waals surface area contributed by atoms with Crippen molar-refractivity contribution in [3.05, 3.63) is 35.9 Å². The number of fused-ring (bicyclic) bond motifs is 2. The SMILES string of the molecule is O=C(NC(CO)Cc1ccccc1)C1CC2CCC1N2. The highest BCUT2D eigenvalue weighted by molar-refractivity contribution is 5.80. The lowest BCUT2D eigenvalue weighted by Gasteiger charge is -2.23. The molecule has 4 nitrogen and oxygen atoms in total. The zero-order chi connectivity index (χ0) is 13.9. The van der Waals surface area contributed by atoms with Crippen LogP contribution < -0.4 is 10.6 Å². The topological polar surface area (TPSA) is 61.4 Å². The summed E-state index contributed by atoms with van der Waals surface area (Å²) in [5.74, 6) is 0.179. The summed E-state index contributed by atoms with van der Waals surface area (Å²) in [7, 11) is 0. The molecule has 0 aliphatic carbocycles. The molecule has 3 rings (SSSR count). The molecule has 20 heavy (non-hydrogen) atoms. The average molecular weight is 274 g/mol. The van der Waals surface area contributed by atoms with Gasteiger partial charge in [0.15, 0.2) is 0 Å². The molecule has 2 saturated heterocycles. The molecule has 108 valence electrons. The van der Waals surface area contributed by atoms with Crippen LogP contribution in [0.25, 0.3) is 0 Å². The van der Waals surface area contributed by atoms with E-state index in [1.807, 2.05) is 30.3 Å². The molecule has 4 atom stereocenters. The molecule has 2 aliphatic heterocycles. The molecule has 1 amide bonds. The maximum absolute atomic E-state index is 12.3. The molecule has 4 heteroatoms. The molecule has 0 radical (unpaired) electrons. The van der Waals surface area contributed by atoms with Crippen LogP contribution in [0.4, 0.5) is 0 Å². The summed E-state index contributed by atoms with van der Waals surface area (Å²) in [4.78, 5) is 12.3. The third-order valence-corrected chi connectivity index (χ3v) is 4.53. The number of hydrogen-bond acceptors (Lipinski definition) is 3. The van der Waals surface area contributed by atoms with Gasteiger partial charge >= 0.3 is 0 Å². The van der Waals surface area contributed by atoms with Gasteiger partial charge in [0.1, 0.15) is 0 Å². The Hall–Kier alpha value is -1.39. The fraction of sp³-hybridized carbons (Fsp3) is 0.562. The Morgan fingerprint density at radius 1 is 1.35 bits per heavy atom. The van der Waals surface area contributed by atoms with Gasteiger partial charge in [0.05, 0.1) is 18.6 Å². The van der Waals surface area contributed by atoms with Crippen molar-refractivity contribution < 1.29 is 9.90 Å². The van der Waals surface area contributed by atoms with Crippen LogP contribution in [0.2, 0.25) is 0 Å². The number of aliphatic hydroxyl groups excluding tert-OH is 1. The van der Waals surface area contributed by atoms with Crippen LogP contribution in [0.15, 0.2) is 30.3 Å². The van der Waals surface area contributed by atoms with Gasteiger partial charge in [0.2, 0.25) is 5.91 Å². The van der Waals surface area contributed by atoms with Gasteiger partial charge in [-0.25, -0.2) is 0 Å². The van der Waals surface area contributed by atoms with Gasteiger partial charge in [-0.15, -0.1) is 0 Å². The summed E-state index contributed by atoms with van der Waals surface area (Å²) in [6.07, 6.45) is 3.92. The summed E-state index contributed by atoms with van der Waals surface area (Å²) >= 11 is 0. The van der Waals surface area contributed by atoms with Gasteiger partial charge in [-0.05, 0) is 31.2 Å². The summed E-state index contributed by atoms with van der Waals surface area (Å²) < 4.78 is 0. The summed E-state index contributed by atoms with van der Waals surface area (Å²) in [5, 5.41) is 16.0. The predicted octanol–water partition coefficient (Wildman–Crippen LogP) is 0.847. The van der Waals surface area contributed by atoms with Crippen LogP contribution in [0.3, 0.4) is 0 Å². The smallest absolute Gasteiger partial charge is 0.225 e. The highest BCUT2D eigenvalue weighted by atomic mass is 16.3. The maximum Gasteiger partial charge on any atom is 0.225 e. The normalized spacial score (nSPS) is 29.4. The lowest BCUT2D eigenvalue weighted by atomic mass is 9.88. The highest BCUT2D eigenvalue weighted by Crippen LogP contribution is 2.33. The van der Waals surface area contributed by atoms with E-state index in [0.29, 0.717) is 18.5 Å². The van der Waals surface area contributed by atoms with Gasteiger partial charge in [-0.2, -0.15) is 0 Å². The van der Waals surface area contributed by atoms with Crippen LogP contribution in [-0.4, -0.2) is 35.7 Å². The van der Waals surface area contributed by atoms with Crippen LogP contribution in [-0.2, 0) is 11.2 Å². The van der Waals surface area contributed by atoms with E-state index in [1.54, 1.807) is 0 Å². The third-order valence-electron chi connectivity index (χ3n) is 4.53. The van der Waals surface area contributed by atoms with Crippen molar-refractivity contribution in [2.24, 2.45) is 5.92 Å². The number of nitrogens with one attached hydrogen (secondary N) is 2. The maximum atomic E-state index is 12.3.